The second-order valence-electron chi connectivity index (χ2n) is 6.53. The molecular formula is C19H20F4N2O2. The van der Waals surface area contributed by atoms with Crippen molar-refractivity contribution in [2.45, 2.75) is 57.6 Å². The number of alkyl halides is 4. The summed E-state index contributed by atoms with van der Waals surface area (Å²) in [7, 11) is 0. The fraction of sp³-hybridized carbons (Fsp3) is 0.474. The Labute approximate surface area is 154 Å². The molecule has 0 spiro atoms. The Kier molecular flexibility index (Phi) is 5.53. The fourth-order valence-electron chi connectivity index (χ4n) is 3.27. The Bertz CT molecular complexity index is 802. The minimum atomic E-state index is -4.75. The molecule has 2 atom stereocenters. The lowest BCUT2D eigenvalue weighted by atomic mass is 9.90. The molecule has 3 rings (SSSR count). The van der Waals surface area contributed by atoms with Gasteiger partial charge in [-0.15, -0.1) is 0 Å². The summed E-state index contributed by atoms with van der Waals surface area (Å²) in [6.07, 6.45) is -6.54. The predicted molar refractivity (Wildman–Crippen MR) is 90.0 cm³/mol. The van der Waals surface area contributed by atoms with Crippen LogP contribution in [0.2, 0.25) is 0 Å². The molecule has 0 N–H and O–H groups in total. The van der Waals surface area contributed by atoms with Crippen molar-refractivity contribution in [3.05, 3.63) is 52.8 Å². The van der Waals surface area contributed by atoms with Gasteiger partial charge in [-0.1, -0.05) is 31.5 Å². The van der Waals surface area contributed by atoms with Gasteiger partial charge < -0.3 is 4.74 Å². The minimum Gasteiger partial charge on any atom is -0.451 e. The van der Waals surface area contributed by atoms with E-state index in [1.165, 1.54) is 16.8 Å². The molecule has 0 saturated heterocycles. The molecule has 2 aromatic rings. The average molecular weight is 384 g/mol. The molecule has 1 aliphatic carbocycles. The van der Waals surface area contributed by atoms with E-state index in [4.69, 9.17) is 4.74 Å². The molecule has 0 fully saturated rings. The molecule has 1 aliphatic rings. The number of aryl methyl sites for hydroxylation is 1. The number of hydrogen-bond donors (Lipinski definition) is 0. The third-order valence-electron chi connectivity index (χ3n) is 4.60. The normalized spacial score (nSPS) is 19.6. The summed E-state index contributed by atoms with van der Waals surface area (Å²) in [6.45, 7) is 2.23. The topological polar surface area (TPSA) is 44.1 Å². The Morgan fingerprint density at radius 1 is 1.30 bits per heavy atom. The number of rotatable bonds is 5. The number of nitrogens with zero attached hydrogens (tertiary/aromatic N) is 2. The molecule has 4 nitrogen and oxygen atoms in total. The summed E-state index contributed by atoms with van der Waals surface area (Å²) < 4.78 is 61.6. The van der Waals surface area contributed by atoms with E-state index < -0.39 is 30.1 Å². The van der Waals surface area contributed by atoms with Gasteiger partial charge in [0.05, 0.1) is 5.56 Å². The SMILES string of the molecule is CCCCn1nc(C(F)(F)F)c2c1CC[C@@H](F)[C@H]2OC(=O)c1ccccc1. The number of carbonyl (C=O) groups is 1. The first-order valence-electron chi connectivity index (χ1n) is 8.89. The lowest BCUT2D eigenvalue weighted by Crippen LogP contribution is -2.28. The summed E-state index contributed by atoms with van der Waals surface area (Å²) >= 11 is 0. The first-order valence-corrected chi connectivity index (χ1v) is 8.89. The van der Waals surface area contributed by atoms with Crippen molar-refractivity contribution in [2.75, 3.05) is 0 Å². The van der Waals surface area contributed by atoms with Gasteiger partial charge in [-0.3, -0.25) is 4.68 Å². The lowest BCUT2D eigenvalue weighted by Gasteiger charge is -2.27. The highest BCUT2D eigenvalue weighted by Crippen LogP contribution is 2.43. The van der Waals surface area contributed by atoms with E-state index in [0.29, 0.717) is 18.7 Å². The van der Waals surface area contributed by atoms with Gasteiger partial charge in [0.1, 0.15) is 6.17 Å². The zero-order valence-corrected chi connectivity index (χ0v) is 14.8. The predicted octanol–water partition coefficient (Wildman–Crippen LogP) is 4.88. The highest BCUT2D eigenvalue weighted by molar-refractivity contribution is 5.89. The third-order valence-corrected chi connectivity index (χ3v) is 4.60. The first-order chi connectivity index (χ1) is 12.8. The maximum absolute atomic E-state index is 14.6. The fourth-order valence-corrected chi connectivity index (χ4v) is 3.27. The molecule has 146 valence electrons. The van der Waals surface area contributed by atoms with Gasteiger partial charge in [-0.25, -0.2) is 9.18 Å². The van der Waals surface area contributed by atoms with Crippen LogP contribution in [0, 0.1) is 0 Å². The van der Waals surface area contributed by atoms with Crippen molar-refractivity contribution in [2.24, 2.45) is 0 Å². The van der Waals surface area contributed by atoms with Crippen LogP contribution in [0.1, 0.15) is 59.6 Å². The largest absolute Gasteiger partial charge is 0.451 e. The Balaban J connectivity index is 2.00. The van der Waals surface area contributed by atoms with Crippen molar-refractivity contribution < 1.29 is 27.1 Å². The van der Waals surface area contributed by atoms with Crippen LogP contribution in [0.15, 0.2) is 30.3 Å². The summed E-state index contributed by atoms with van der Waals surface area (Å²) in [5.41, 5.74) is -1.05. The summed E-state index contributed by atoms with van der Waals surface area (Å²) in [5, 5.41) is 3.70. The quantitative estimate of drug-likeness (QED) is 0.545. The molecule has 1 aromatic carbocycles. The van der Waals surface area contributed by atoms with E-state index in [-0.39, 0.29) is 24.0 Å². The molecule has 0 unspecified atom stereocenters. The average Bonchev–Trinajstić information content (AvgIpc) is 3.02. The van der Waals surface area contributed by atoms with Gasteiger partial charge >= 0.3 is 12.1 Å². The zero-order valence-electron chi connectivity index (χ0n) is 14.8. The minimum absolute atomic E-state index is 0.0190. The highest BCUT2D eigenvalue weighted by Gasteiger charge is 2.46. The number of esters is 1. The van der Waals surface area contributed by atoms with Gasteiger partial charge in [0.15, 0.2) is 11.8 Å². The van der Waals surface area contributed by atoms with E-state index in [0.717, 1.165) is 6.42 Å². The Hall–Kier alpha value is -2.38. The summed E-state index contributed by atoms with van der Waals surface area (Å²) in [5.74, 6) is -0.856. The molecule has 0 radical (unpaired) electrons. The number of halogens is 4. The maximum atomic E-state index is 14.6. The van der Waals surface area contributed by atoms with Gasteiger partial charge in [0.25, 0.3) is 0 Å². The van der Waals surface area contributed by atoms with Crippen molar-refractivity contribution in [3.63, 3.8) is 0 Å². The Morgan fingerprint density at radius 3 is 2.63 bits per heavy atom. The van der Waals surface area contributed by atoms with Crippen LogP contribution in [-0.4, -0.2) is 21.9 Å². The van der Waals surface area contributed by atoms with Gasteiger partial charge in [0.2, 0.25) is 0 Å². The zero-order chi connectivity index (χ0) is 19.6. The number of unbranched alkanes of at least 4 members (excludes halogenated alkanes) is 1. The number of aromatic nitrogens is 2. The van der Waals surface area contributed by atoms with Gasteiger partial charge in [0, 0.05) is 17.8 Å². The van der Waals surface area contributed by atoms with Gasteiger partial charge in [-0.2, -0.15) is 18.3 Å². The van der Waals surface area contributed by atoms with E-state index in [1.54, 1.807) is 18.2 Å². The Morgan fingerprint density at radius 2 is 2.00 bits per heavy atom. The number of carbonyl (C=O) groups excluding carboxylic acids is 1. The van der Waals surface area contributed by atoms with Crippen LogP contribution >= 0.6 is 0 Å². The van der Waals surface area contributed by atoms with E-state index in [2.05, 4.69) is 5.10 Å². The van der Waals surface area contributed by atoms with Crippen molar-refractivity contribution in [1.29, 1.82) is 0 Å². The van der Waals surface area contributed by atoms with Crippen LogP contribution in [0.4, 0.5) is 17.6 Å². The van der Waals surface area contributed by atoms with Crippen LogP contribution in [-0.2, 0) is 23.9 Å². The lowest BCUT2D eigenvalue weighted by molar-refractivity contribution is -0.143. The summed E-state index contributed by atoms with van der Waals surface area (Å²) in [6, 6.07) is 7.82. The van der Waals surface area contributed by atoms with E-state index in [1.807, 2.05) is 6.92 Å². The maximum Gasteiger partial charge on any atom is 0.435 e. The first kappa shape index (κ1) is 19.4. The van der Waals surface area contributed by atoms with Crippen molar-refractivity contribution in [1.82, 2.24) is 9.78 Å². The number of fused-ring (bicyclic) bond motifs is 1. The molecule has 0 aliphatic heterocycles. The second-order valence-corrected chi connectivity index (χ2v) is 6.53. The van der Waals surface area contributed by atoms with Crippen molar-refractivity contribution in [3.8, 4) is 0 Å². The molecule has 8 heteroatoms. The molecule has 0 bridgehead atoms. The molecule has 0 saturated carbocycles. The number of ether oxygens (including phenoxy) is 1. The van der Waals surface area contributed by atoms with Crippen LogP contribution in [0.3, 0.4) is 0 Å². The van der Waals surface area contributed by atoms with E-state index >= 15 is 0 Å². The number of benzene rings is 1. The molecule has 1 aromatic heterocycles. The molecule has 0 amide bonds. The molecular weight excluding hydrogens is 364 g/mol. The summed E-state index contributed by atoms with van der Waals surface area (Å²) in [4.78, 5) is 12.3. The van der Waals surface area contributed by atoms with Crippen molar-refractivity contribution >= 4 is 5.97 Å². The van der Waals surface area contributed by atoms with E-state index in [9.17, 15) is 22.4 Å². The monoisotopic (exact) mass is 384 g/mol. The van der Waals surface area contributed by atoms with Crippen LogP contribution < -0.4 is 0 Å². The third kappa shape index (κ3) is 3.99. The van der Waals surface area contributed by atoms with Crippen LogP contribution in [0.25, 0.3) is 0 Å². The molecule has 1 heterocycles. The van der Waals surface area contributed by atoms with Gasteiger partial charge in [-0.05, 0) is 31.4 Å². The second kappa shape index (κ2) is 7.70. The number of hydrogen-bond acceptors (Lipinski definition) is 3. The molecule has 27 heavy (non-hydrogen) atoms. The smallest absolute Gasteiger partial charge is 0.435 e. The highest BCUT2D eigenvalue weighted by atomic mass is 19.4. The van der Waals surface area contributed by atoms with Crippen LogP contribution in [0.5, 0.6) is 0 Å². The standard InChI is InChI=1S/C19H20F4N2O2/c1-2-3-11-25-14-10-9-13(20)16(15(14)17(24-25)19(21,22)23)27-18(26)12-7-5-4-6-8-12/h4-8,13,16H,2-3,9-11H2,1H3/t13-,16-/m1/s1.